The molecule has 1 atom stereocenters. The van der Waals surface area contributed by atoms with E-state index in [0.29, 0.717) is 6.61 Å². The smallest absolute Gasteiger partial charge is 0.0696 e. The van der Waals surface area contributed by atoms with Crippen LogP contribution in [0.1, 0.15) is 25.7 Å². The zero-order valence-electron chi connectivity index (χ0n) is 9.34. The van der Waals surface area contributed by atoms with Gasteiger partial charge < -0.3 is 9.64 Å². The quantitative estimate of drug-likeness (QED) is 0.636. The normalized spacial score (nSPS) is 20.6. The topological polar surface area (TPSA) is 12.5 Å². The molecule has 1 fully saturated rings. The first-order valence-electron chi connectivity index (χ1n) is 5.54. The van der Waals surface area contributed by atoms with Crippen LogP contribution in [0.15, 0.2) is 0 Å². The Labute approximate surface area is 92.6 Å². The summed E-state index contributed by atoms with van der Waals surface area (Å²) in [4.78, 5) is 2.34. The van der Waals surface area contributed by atoms with E-state index < -0.39 is 0 Å². The standard InChI is InChI=1S/C11H22ClNO/c1-13(8-11(12)9-14-2)7-10-5-3-4-6-10/h10-11H,3-9H2,1-2H3. The maximum atomic E-state index is 6.09. The second kappa shape index (κ2) is 6.65. The number of rotatable bonds is 6. The van der Waals surface area contributed by atoms with Crippen LogP contribution in [0.2, 0.25) is 0 Å². The van der Waals surface area contributed by atoms with Gasteiger partial charge in [-0.1, -0.05) is 12.8 Å². The molecule has 14 heavy (non-hydrogen) atoms. The summed E-state index contributed by atoms with van der Waals surface area (Å²) in [5.74, 6) is 0.909. The van der Waals surface area contributed by atoms with Gasteiger partial charge in [-0.25, -0.2) is 0 Å². The van der Waals surface area contributed by atoms with E-state index in [0.717, 1.165) is 12.5 Å². The Bertz CT molecular complexity index is 148. The average Bonchev–Trinajstić information content (AvgIpc) is 2.56. The lowest BCUT2D eigenvalue weighted by Crippen LogP contribution is -2.32. The highest BCUT2D eigenvalue weighted by Gasteiger charge is 2.17. The second-order valence-corrected chi connectivity index (χ2v) is 5.04. The molecule has 0 aromatic rings. The van der Waals surface area contributed by atoms with Crippen LogP contribution in [-0.2, 0) is 4.74 Å². The van der Waals surface area contributed by atoms with E-state index in [1.165, 1.54) is 32.2 Å². The fraction of sp³-hybridized carbons (Fsp3) is 1.00. The van der Waals surface area contributed by atoms with Gasteiger partial charge in [-0.15, -0.1) is 11.6 Å². The average molecular weight is 220 g/mol. The Morgan fingerprint density at radius 3 is 2.64 bits per heavy atom. The predicted octanol–water partition coefficient (Wildman–Crippen LogP) is 2.36. The molecule has 1 unspecified atom stereocenters. The van der Waals surface area contributed by atoms with E-state index in [9.17, 15) is 0 Å². The Morgan fingerprint density at radius 1 is 1.43 bits per heavy atom. The predicted molar refractivity (Wildman–Crippen MR) is 61.0 cm³/mol. The van der Waals surface area contributed by atoms with Gasteiger partial charge >= 0.3 is 0 Å². The number of nitrogens with zero attached hydrogens (tertiary/aromatic N) is 1. The minimum absolute atomic E-state index is 0.131. The molecule has 0 heterocycles. The molecule has 0 bridgehead atoms. The summed E-state index contributed by atoms with van der Waals surface area (Å²) in [5.41, 5.74) is 0. The van der Waals surface area contributed by atoms with Crippen molar-refractivity contribution < 1.29 is 4.74 Å². The molecule has 1 rings (SSSR count). The zero-order chi connectivity index (χ0) is 10.4. The molecular weight excluding hydrogens is 198 g/mol. The summed E-state index contributed by atoms with van der Waals surface area (Å²) < 4.78 is 5.02. The number of halogens is 1. The van der Waals surface area contributed by atoms with Crippen LogP contribution in [-0.4, -0.2) is 44.1 Å². The Kier molecular flexibility index (Phi) is 5.83. The molecule has 0 aromatic heterocycles. The van der Waals surface area contributed by atoms with Gasteiger partial charge in [0.1, 0.15) is 0 Å². The fourth-order valence-electron chi connectivity index (χ4n) is 2.28. The van der Waals surface area contributed by atoms with Crippen molar-refractivity contribution >= 4 is 11.6 Å². The van der Waals surface area contributed by atoms with Gasteiger partial charge in [-0.05, 0) is 25.8 Å². The molecule has 84 valence electrons. The van der Waals surface area contributed by atoms with E-state index in [1.807, 2.05) is 0 Å². The first-order valence-corrected chi connectivity index (χ1v) is 5.97. The Morgan fingerprint density at radius 2 is 2.07 bits per heavy atom. The highest BCUT2D eigenvalue weighted by atomic mass is 35.5. The summed E-state index contributed by atoms with van der Waals surface area (Å²) >= 11 is 6.09. The number of alkyl halides is 1. The van der Waals surface area contributed by atoms with Crippen molar-refractivity contribution in [1.82, 2.24) is 4.90 Å². The van der Waals surface area contributed by atoms with Gasteiger partial charge in [0.05, 0.1) is 12.0 Å². The van der Waals surface area contributed by atoms with Crippen LogP contribution in [0.4, 0.5) is 0 Å². The largest absolute Gasteiger partial charge is 0.383 e. The van der Waals surface area contributed by atoms with Crippen LogP contribution < -0.4 is 0 Å². The molecule has 0 spiro atoms. The van der Waals surface area contributed by atoms with Crippen molar-refractivity contribution in [3.63, 3.8) is 0 Å². The minimum Gasteiger partial charge on any atom is -0.383 e. The van der Waals surface area contributed by atoms with E-state index in [1.54, 1.807) is 7.11 Å². The third kappa shape index (κ3) is 4.63. The second-order valence-electron chi connectivity index (χ2n) is 4.42. The van der Waals surface area contributed by atoms with Crippen LogP contribution in [0, 0.1) is 5.92 Å². The lowest BCUT2D eigenvalue weighted by Gasteiger charge is -2.22. The van der Waals surface area contributed by atoms with Crippen molar-refractivity contribution in [2.75, 3.05) is 33.9 Å². The molecule has 0 aromatic carbocycles. The summed E-state index contributed by atoms with van der Waals surface area (Å²) in [5, 5.41) is 0.131. The molecule has 2 nitrogen and oxygen atoms in total. The molecule has 0 saturated heterocycles. The summed E-state index contributed by atoms with van der Waals surface area (Å²) in [6.07, 6.45) is 5.64. The highest BCUT2D eigenvalue weighted by molar-refractivity contribution is 6.20. The summed E-state index contributed by atoms with van der Waals surface area (Å²) in [7, 11) is 3.86. The van der Waals surface area contributed by atoms with Gasteiger partial charge in [0.15, 0.2) is 0 Å². The molecular formula is C11H22ClNO. The molecule has 1 aliphatic carbocycles. The van der Waals surface area contributed by atoms with Gasteiger partial charge in [-0.2, -0.15) is 0 Å². The van der Waals surface area contributed by atoms with Crippen molar-refractivity contribution in [2.24, 2.45) is 5.92 Å². The van der Waals surface area contributed by atoms with Crippen LogP contribution >= 0.6 is 11.6 Å². The van der Waals surface area contributed by atoms with Crippen molar-refractivity contribution in [3.8, 4) is 0 Å². The first-order chi connectivity index (χ1) is 6.72. The van der Waals surface area contributed by atoms with E-state index in [4.69, 9.17) is 16.3 Å². The minimum atomic E-state index is 0.131. The highest BCUT2D eigenvalue weighted by Crippen LogP contribution is 2.25. The van der Waals surface area contributed by atoms with Crippen molar-refractivity contribution in [2.45, 2.75) is 31.1 Å². The third-order valence-corrected chi connectivity index (χ3v) is 3.17. The van der Waals surface area contributed by atoms with E-state index in [2.05, 4.69) is 11.9 Å². The number of hydrogen-bond donors (Lipinski definition) is 0. The molecule has 1 aliphatic rings. The van der Waals surface area contributed by atoms with Crippen molar-refractivity contribution in [1.29, 1.82) is 0 Å². The SMILES string of the molecule is COCC(Cl)CN(C)CC1CCCC1. The Balaban J connectivity index is 2.10. The van der Waals surface area contributed by atoms with Crippen molar-refractivity contribution in [3.05, 3.63) is 0 Å². The van der Waals surface area contributed by atoms with Crippen LogP contribution in [0.3, 0.4) is 0 Å². The fourth-order valence-corrected chi connectivity index (χ4v) is 2.64. The molecule has 1 saturated carbocycles. The molecule has 3 heteroatoms. The monoisotopic (exact) mass is 219 g/mol. The van der Waals surface area contributed by atoms with Gasteiger partial charge in [0.25, 0.3) is 0 Å². The molecule has 0 aliphatic heterocycles. The molecule has 0 amide bonds. The van der Waals surface area contributed by atoms with Crippen LogP contribution in [0.25, 0.3) is 0 Å². The van der Waals surface area contributed by atoms with Gasteiger partial charge in [0, 0.05) is 20.2 Å². The zero-order valence-corrected chi connectivity index (χ0v) is 10.1. The number of hydrogen-bond acceptors (Lipinski definition) is 2. The summed E-state index contributed by atoms with van der Waals surface area (Å²) in [6.45, 7) is 2.79. The first kappa shape index (κ1) is 12.3. The lowest BCUT2D eigenvalue weighted by molar-refractivity contribution is 0.177. The molecule has 0 radical (unpaired) electrons. The Hall–Kier alpha value is 0.210. The molecule has 0 N–H and O–H groups in total. The van der Waals surface area contributed by atoms with Crippen LogP contribution in [0.5, 0.6) is 0 Å². The van der Waals surface area contributed by atoms with E-state index >= 15 is 0 Å². The van der Waals surface area contributed by atoms with Gasteiger partial charge in [-0.3, -0.25) is 0 Å². The lowest BCUT2D eigenvalue weighted by atomic mass is 10.1. The number of ether oxygens (including phenoxy) is 1. The number of methoxy groups -OCH3 is 1. The maximum absolute atomic E-state index is 6.09. The third-order valence-electron chi connectivity index (χ3n) is 2.90. The van der Waals surface area contributed by atoms with Gasteiger partial charge in [0.2, 0.25) is 0 Å². The maximum Gasteiger partial charge on any atom is 0.0696 e. The summed E-state index contributed by atoms with van der Waals surface area (Å²) in [6, 6.07) is 0. The van der Waals surface area contributed by atoms with E-state index in [-0.39, 0.29) is 5.38 Å².